The molecule has 0 aliphatic carbocycles. The number of carbonyl (C=O) groups is 1. The van der Waals surface area contributed by atoms with E-state index in [0.717, 1.165) is 16.6 Å². The van der Waals surface area contributed by atoms with E-state index in [1.807, 2.05) is 24.3 Å². The maximum atomic E-state index is 11.9. The Morgan fingerprint density at radius 1 is 1.35 bits per heavy atom. The van der Waals surface area contributed by atoms with E-state index in [2.05, 4.69) is 51.0 Å². The quantitative estimate of drug-likeness (QED) is 0.697. The Labute approximate surface area is 147 Å². The number of nitrogens with one attached hydrogen (secondary N) is 1. The summed E-state index contributed by atoms with van der Waals surface area (Å²) in [6.45, 7) is 4.24. The Kier molecular flexibility index (Phi) is 6.61. The number of hydrogen-bond donors (Lipinski definition) is 2. The minimum atomic E-state index is -0.120. The molecule has 0 radical (unpaired) electrons. The average molecular weight is 400 g/mol. The van der Waals surface area contributed by atoms with Gasteiger partial charge in [-0.2, -0.15) is 0 Å². The Bertz CT molecular complexity index is 645. The van der Waals surface area contributed by atoms with E-state index < -0.39 is 0 Å². The van der Waals surface area contributed by atoms with Gasteiger partial charge in [0.1, 0.15) is 0 Å². The van der Waals surface area contributed by atoms with Crippen LogP contribution in [0.25, 0.3) is 0 Å². The highest BCUT2D eigenvalue weighted by Gasteiger charge is 2.19. The zero-order valence-corrected chi connectivity index (χ0v) is 15.5. The number of carbonyl (C=O) groups excluding carboxylic acids is 1. The fourth-order valence-corrected chi connectivity index (χ4v) is 2.81. The molecule has 23 heavy (non-hydrogen) atoms. The van der Waals surface area contributed by atoms with Crippen molar-refractivity contribution in [2.24, 2.45) is 5.92 Å². The van der Waals surface area contributed by atoms with Crippen LogP contribution in [0.1, 0.15) is 32.2 Å². The van der Waals surface area contributed by atoms with Crippen molar-refractivity contribution in [3.8, 4) is 0 Å². The highest BCUT2D eigenvalue weighted by atomic mass is 79.9. The molecule has 0 saturated heterocycles. The summed E-state index contributed by atoms with van der Waals surface area (Å²) in [5.41, 5.74) is 4.78. The molecule has 1 aromatic heterocycles. The minimum Gasteiger partial charge on any atom is -0.410 e. The van der Waals surface area contributed by atoms with Gasteiger partial charge in [-0.05, 0) is 30.2 Å². The average Bonchev–Trinajstić information content (AvgIpc) is 2.96. The second-order valence-corrected chi connectivity index (χ2v) is 7.42. The first-order chi connectivity index (χ1) is 10.9. The van der Waals surface area contributed by atoms with Gasteiger partial charge in [-0.15, -0.1) is 10.2 Å². The number of halogens is 1. The zero-order chi connectivity index (χ0) is 16.8. The van der Waals surface area contributed by atoms with Crippen molar-refractivity contribution in [3.63, 3.8) is 0 Å². The lowest BCUT2D eigenvalue weighted by Crippen LogP contribution is -2.54. The van der Waals surface area contributed by atoms with Gasteiger partial charge >= 0.3 is 0 Å². The van der Waals surface area contributed by atoms with Gasteiger partial charge in [0.2, 0.25) is 5.91 Å². The summed E-state index contributed by atoms with van der Waals surface area (Å²) < 4.78 is 6.52. The molecule has 2 aromatic rings. The molecule has 0 saturated carbocycles. The Balaban J connectivity index is 1.82. The number of amides is 1. The lowest BCUT2D eigenvalue weighted by Gasteiger charge is -2.06. The third kappa shape index (κ3) is 5.96. The number of rotatable bonds is 7. The van der Waals surface area contributed by atoms with E-state index in [-0.39, 0.29) is 17.7 Å². The Hall–Kier alpha value is -1.38. The molecule has 6 nitrogen and oxygen atoms in total. The van der Waals surface area contributed by atoms with Gasteiger partial charge < -0.3 is 15.5 Å². The number of aromatic nitrogens is 2. The largest absolute Gasteiger partial charge is 0.410 e. The van der Waals surface area contributed by atoms with Crippen molar-refractivity contribution in [1.29, 1.82) is 0 Å². The molecule has 0 fully saturated rings. The van der Waals surface area contributed by atoms with Crippen LogP contribution in [0.5, 0.6) is 0 Å². The Morgan fingerprint density at radius 2 is 2.04 bits per heavy atom. The number of anilines is 1. The standard InChI is InChI=1S/C15H19BrN4O2S/c1-9(2)7-12(17)14-19-20-15(22-14)23-8-13(21)18-11-5-3-10(16)4-6-11/h3-6,9,12H,7-8,17H2,1-2H3,(H,18,21)/p+1. The number of quaternary nitrogens is 1. The smallest absolute Gasteiger partial charge is 0.277 e. The van der Waals surface area contributed by atoms with Crippen molar-refractivity contribution < 1.29 is 14.9 Å². The third-order valence-corrected chi connectivity index (χ3v) is 4.33. The molecular formula is C15H20BrN4O2S+. The molecule has 0 bridgehead atoms. The van der Waals surface area contributed by atoms with Gasteiger partial charge in [0.15, 0.2) is 6.04 Å². The maximum absolute atomic E-state index is 11.9. The van der Waals surface area contributed by atoms with Crippen molar-refractivity contribution >= 4 is 39.3 Å². The van der Waals surface area contributed by atoms with Crippen LogP contribution in [0.3, 0.4) is 0 Å². The molecule has 8 heteroatoms. The highest BCUT2D eigenvalue weighted by Crippen LogP contribution is 2.21. The second-order valence-electron chi connectivity index (χ2n) is 5.58. The van der Waals surface area contributed by atoms with Crippen molar-refractivity contribution in [2.45, 2.75) is 31.5 Å². The first-order valence-electron chi connectivity index (χ1n) is 7.28. The van der Waals surface area contributed by atoms with Crippen molar-refractivity contribution in [2.75, 3.05) is 11.1 Å². The normalized spacial score (nSPS) is 12.4. The summed E-state index contributed by atoms with van der Waals surface area (Å²) in [4.78, 5) is 11.9. The number of benzene rings is 1. The van der Waals surface area contributed by atoms with Gasteiger partial charge in [0.05, 0.1) is 5.75 Å². The van der Waals surface area contributed by atoms with E-state index in [9.17, 15) is 4.79 Å². The first kappa shape index (κ1) is 18.0. The van der Waals surface area contributed by atoms with Crippen LogP contribution in [0.15, 0.2) is 38.4 Å². The predicted octanol–water partition coefficient (Wildman–Crippen LogP) is 2.89. The number of hydrogen-bond acceptors (Lipinski definition) is 5. The molecule has 1 amide bonds. The lowest BCUT2D eigenvalue weighted by molar-refractivity contribution is -0.435. The predicted molar refractivity (Wildman–Crippen MR) is 92.9 cm³/mol. The van der Waals surface area contributed by atoms with Crippen molar-refractivity contribution in [1.82, 2.24) is 10.2 Å². The molecule has 1 aromatic carbocycles. The van der Waals surface area contributed by atoms with Crippen LogP contribution >= 0.6 is 27.7 Å². The van der Waals surface area contributed by atoms with E-state index in [0.29, 0.717) is 17.0 Å². The minimum absolute atomic E-state index is 0.0200. The highest BCUT2D eigenvalue weighted by molar-refractivity contribution is 9.10. The fraction of sp³-hybridized carbons (Fsp3) is 0.400. The zero-order valence-electron chi connectivity index (χ0n) is 13.1. The van der Waals surface area contributed by atoms with Crippen LogP contribution in [0, 0.1) is 5.92 Å². The molecule has 4 N–H and O–H groups in total. The molecule has 124 valence electrons. The molecule has 0 aliphatic rings. The molecule has 1 unspecified atom stereocenters. The number of nitrogens with zero attached hydrogens (tertiary/aromatic N) is 2. The molecule has 0 aliphatic heterocycles. The van der Waals surface area contributed by atoms with Crippen LogP contribution in [0.4, 0.5) is 5.69 Å². The summed E-state index contributed by atoms with van der Waals surface area (Å²) >= 11 is 4.57. The molecule has 1 atom stereocenters. The SMILES string of the molecule is CC(C)CC([NH3+])c1nnc(SCC(=O)Nc2ccc(Br)cc2)o1. The van der Waals surface area contributed by atoms with Gasteiger partial charge in [-0.1, -0.05) is 41.5 Å². The van der Waals surface area contributed by atoms with Gasteiger partial charge in [0.25, 0.3) is 11.1 Å². The van der Waals surface area contributed by atoms with Crippen LogP contribution in [-0.2, 0) is 4.79 Å². The summed E-state index contributed by atoms with van der Waals surface area (Å²) in [7, 11) is 0. The second kappa shape index (κ2) is 8.47. The summed E-state index contributed by atoms with van der Waals surface area (Å²) in [6.07, 6.45) is 0.885. The monoisotopic (exact) mass is 399 g/mol. The summed E-state index contributed by atoms with van der Waals surface area (Å²) in [5, 5.41) is 11.2. The van der Waals surface area contributed by atoms with Gasteiger partial charge in [-0.25, -0.2) is 0 Å². The van der Waals surface area contributed by atoms with Gasteiger partial charge in [-0.3, -0.25) is 4.79 Å². The molecule has 0 spiro atoms. The number of thioether (sulfide) groups is 1. The summed E-state index contributed by atoms with van der Waals surface area (Å²) in [6, 6.07) is 7.38. The van der Waals surface area contributed by atoms with Crippen LogP contribution in [-0.4, -0.2) is 21.9 Å². The fourth-order valence-electron chi connectivity index (χ4n) is 1.97. The maximum Gasteiger partial charge on any atom is 0.277 e. The lowest BCUT2D eigenvalue weighted by atomic mass is 10.1. The van der Waals surface area contributed by atoms with E-state index in [1.54, 1.807) is 0 Å². The first-order valence-corrected chi connectivity index (χ1v) is 9.06. The Morgan fingerprint density at radius 3 is 2.70 bits per heavy atom. The van der Waals surface area contributed by atoms with Crippen LogP contribution < -0.4 is 11.1 Å². The topological polar surface area (TPSA) is 95.7 Å². The molecular weight excluding hydrogens is 380 g/mol. The summed E-state index contributed by atoms with van der Waals surface area (Å²) in [5.74, 6) is 1.13. The van der Waals surface area contributed by atoms with Crippen molar-refractivity contribution in [3.05, 3.63) is 34.6 Å². The van der Waals surface area contributed by atoms with E-state index >= 15 is 0 Å². The van der Waals surface area contributed by atoms with E-state index in [1.165, 1.54) is 11.8 Å². The van der Waals surface area contributed by atoms with Gasteiger partial charge in [0, 0.05) is 16.6 Å². The van der Waals surface area contributed by atoms with Crippen LogP contribution in [0.2, 0.25) is 0 Å². The molecule has 1 heterocycles. The third-order valence-electron chi connectivity index (χ3n) is 2.98. The van der Waals surface area contributed by atoms with E-state index in [4.69, 9.17) is 4.42 Å². The molecule has 2 rings (SSSR count).